The second kappa shape index (κ2) is 4.99. The normalized spacial score (nSPS) is 15.2. The van der Waals surface area contributed by atoms with E-state index in [2.05, 4.69) is 10.2 Å². The van der Waals surface area contributed by atoms with Crippen molar-refractivity contribution in [3.05, 3.63) is 24.3 Å². The molecule has 1 saturated heterocycles. The minimum atomic E-state index is -0.147. The molecule has 0 aliphatic carbocycles. The Kier molecular flexibility index (Phi) is 3.41. The second-order valence-corrected chi connectivity index (χ2v) is 3.96. The lowest BCUT2D eigenvalue weighted by atomic mass is 10.2. The van der Waals surface area contributed by atoms with Crippen LogP contribution in [0.5, 0.6) is 0 Å². The van der Waals surface area contributed by atoms with Crippen LogP contribution in [0, 0.1) is 0 Å². The molecule has 1 aromatic carbocycles. The molecule has 0 aromatic heterocycles. The molecule has 1 aliphatic rings. The van der Waals surface area contributed by atoms with Gasteiger partial charge in [0.15, 0.2) is 0 Å². The molecule has 1 aliphatic heterocycles. The first-order valence-electron chi connectivity index (χ1n) is 5.65. The number of anilines is 2. The van der Waals surface area contributed by atoms with Crippen molar-refractivity contribution in [3.63, 3.8) is 0 Å². The van der Waals surface area contributed by atoms with Crippen molar-refractivity contribution in [2.75, 3.05) is 29.9 Å². The van der Waals surface area contributed by atoms with Gasteiger partial charge in [-0.15, -0.1) is 0 Å². The molecule has 0 bridgehead atoms. The first kappa shape index (κ1) is 11.0. The van der Waals surface area contributed by atoms with Gasteiger partial charge in [0.25, 0.3) is 0 Å². The van der Waals surface area contributed by atoms with E-state index in [0.29, 0.717) is 0 Å². The summed E-state index contributed by atoms with van der Waals surface area (Å²) in [4.78, 5) is 13.6. The van der Waals surface area contributed by atoms with E-state index in [0.717, 1.165) is 24.5 Å². The number of hydrogen-bond donors (Lipinski definition) is 2. The first-order valence-corrected chi connectivity index (χ1v) is 5.65. The molecule has 2 rings (SSSR count). The van der Waals surface area contributed by atoms with E-state index in [-0.39, 0.29) is 12.5 Å². The third-order valence-corrected chi connectivity index (χ3v) is 2.81. The number of nitrogens with zero attached hydrogens (tertiary/aromatic N) is 1. The zero-order valence-electron chi connectivity index (χ0n) is 9.28. The smallest absolute Gasteiger partial charge is 0.238 e. The van der Waals surface area contributed by atoms with E-state index >= 15 is 0 Å². The van der Waals surface area contributed by atoms with E-state index < -0.39 is 0 Å². The lowest BCUT2D eigenvalue weighted by Crippen LogP contribution is -2.24. The van der Waals surface area contributed by atoms with Crippen LogP contribution in [-0.4, -0.2) is 25.5 Å². The fraction of sp³-hybridized carbons (Fsp3) is 0.417. The van der Waals surface area contributed by atoms with E-state index in [9.17, 15) is 4.79 Å². The van der Waals surface area contributed by atoms with Crippen molar-refractivity contribution in [3.8, 4) is 0 Å². The Morgan fingerprint density at radius 3 is 2.69 bits per heavy atom. The number of para-hydroxylation sites is 2. The molecular formula is C12H17N3O. The Hall–Kier alpha value is -1.55. The molecule has 4 nitrogen and oxygen atoms in total. The van der Waals surface area contributed by atoms with Gasteiger partial charge in [0.05, 0.1) is 17.9 Å². The molecule has 3 N–H and O–H groups in total. The third kappa shape index (κ3) is 2.33. The van der Waals surface area contributed by atoms with Gasteiger partial charge < -0.3 is 16.0 Å². The molecule has 1 fully saturated rings. The molecule has 0 radical (unpaired) electrons. The van der Waals surface area contributed by atoms with Gasteiger partial charge in [-0.2, -0.15) is 0 Å². The number of carbonyl (C=O) groups is 1. The zero-order valence-corrected chi connectivity index (χ0v) is 9.28. The fourth-order valence-corrected chi connectivity index (χ4v) is 2.01. The van der Waals surface area contributed by atoms with Crippen LogP contribution < -0.4 is 16.0 Å². The van der Waals surface area contributed by atoms with E-state index in [4.69, 9.17) is 5.73 Å². The number of nitrogens with one attached hydrogen (secondary N) is 1. The maximum absolute atomic E-state index is 11.3. The van der Waals surface area contributed by atoms with Gasteiger partial charge in [0.1, 0.15) is 0 Å². The lowest BCUT2D eigenvalue weighted by molar-refractivity contribution is -0.114. The van der Waals surface area contributed by atoms with E-state index in [1.54, 1.807) is 0 Å². The predicted molar refractivity (Wildman–Crippen MR) is 65.6 cm³/mol. The molecule has 4 heteroatoms. The molecule has 86 valence electrons. The Labute approximate surface area is 95.4 Å². The van der Waals surface area contributed by atoms with E-state index in [1.165, 1.54) is 12.8 Å². The molecule has 0 unspecified atom stereocenters. The van der Waals surface area contributed by atoms with Gasteiger partial charge in [-0.05, 0) is 25.0 Å². The van der Waals surface area contributed by atoms with Crippen molar-refractivity contribution in [1.29, 1.82) is 0 Å². The van der Waals surface area contributed by atoms with Crippen molar-refractivity contribution in [1.82, 2.24) is 0 Å². The molecule has 0 saturated carbocycles. The third-order valence-electron chi connectivity index (χ3n) is 2.81. The summed E-state index contributed by atoms with van der Waals surface area (Å²) in [6.45, 7) is 2.15. The lowest BCUT2D eigenvalue weighted by Gasteiger charge is -2.21. The van der Waals surface area contributed by atoms with Crippen LogP contribution in [0.4, 0.5) is 11.4 Å². The molecule has 0 atom stereocenters. The van der Waals surface area contributed by atoms with Crippen molar-refractivity contribution >= 4 is 17.3 Å². The molecular weight excluding hydrogens is 202 g/mol. The summed E-state index contributed by atoms with van der Waals surface area (Å²) >= 11 is 0. The van der Waals surface area contributed by atoms with Gasteiger partial charge in [-0.3, -0.25) is 4.79 Å². The summed E-state index contributed by atoms with van der Waals surface area (Å²) in [6, 6.07) is 7.87. The highest BCUT2D eigenvalue weighted by molar-refractivity contribution is 5.95. The summed E-state index contributed by atoms with van der Waals surface area (Å²) < 4.78 is 0. The average molecular weight is 219 g/mol. The minimum Gasteiger partial charge on any atom is -0.370 e. The highest BCUT2D eigenvalue weighted by Gasteiger charge is 2.15. The monoisotopic (exact) mass is 219 g/mol. The number of nitrogens with two attached hydrogens (primary N) is 1. The Balaban J connectivity index is 2.19. The number of carbonyl (C=O) groups excluding carboxylic acids is 1. The summed E-state index contributed by atoms with van der Waals surface area (Å²) in [5, 5.41) is 2.83. The minimum absolute atomic E-state index is 0.0222. The summed E-state index contributed by atoms with van der Waals surface area (Å²) in [5.74, 6) is -0.147. The standard InChI is InChI=1S/C12H17N3O/c13-9-12(16)14-10-5-1-2-6-11(10)15-7-3-4-8-15/h1-2,5-6H,3-4,7-9,13H2,(H,14,16). The van der Waals surface area contributed by atoms with Gasteiger partial charge >= 0.3 is 0 Å². The predicted octanol–water partition coefficient (Wildman–Crippen LogP) is 1.18. The van der Waals surface area contributed by atoms with Crippen LogP contribution >= 0.6 is 0 Å². The Morgan fingerprint density at radius 2 is 2.00 bits per heavy atom. The maximum atomic E-state index is 11.3. The molecule has 1 amide bonds. The number of rotatable bonds is 3. The SMILES string of the molecule is NCC(=O)Nc1ccccc1N1CCCC1. The van der Waals surface area contributed by atoms with Crippen LogP contribution in [0.15, 0.2) is 24.3 Å². The molecule has 16 heavy (non-hydrogen) atoms. The quantitative estimate of drug-likeness (QED) is 0.802. The average Bonchev–Trinajstić information content (AvgIpc) is 2.83. The Morgan fingerprint density at radius 1 is 1.31 bits per heavy atom. The highest BCUT2D eigenvalue weighted by atomic mass is 16.1. The van der Waals surface area contributed by atoms with Crippen molar-refractivity contribution in [2.45, 2.75) is 12.8 Å². The van der Waals surface area contributed by atoms with Gasteiger partial charge in [-0.1, -0.05) is 12.1 Å². The topological polar surface area (TPSA) is 58.4 Å². The molecule has 1 heterocycles. The first-order chi connectivity index (χ1) is 7.81. The molecule has 0 spiro atoms. The maximum Gasteiger partial charge on any atom is 0.238 e. The largest absolute Gasteiger partial charge is 0.370 e. The summed E-state index contributed by atoms with van der Waals surface area (Å²) in [7, 11) is 0. The van der Waals surface area contributed by atoms with Crippen LogP contribution in [0.25, 0.3) is 0 Å². The van der Waals surface area contributed by atoms with Crippen LogP contribution in [-0.2, 0) is 4.79 Å². The van der Waals surface area contributed by atoms with Crippen molar-refractivity contribution < 1.29 is 4.79 Å². The number of benzene rings is 1. The Bertz CT molecular complexity index is 372. The molecule has 1 aromatic rings. The fourth-order valence-electron chi connectivity index (χ4n) is 2.01. The zero-order chi connectivity index (χ0) is 11.4. The highest BCUT2D eigenvalue weighted by Crippen LogP contribution is 2.28. The number of amides is 1. The van der Waals surface area contributed by atoms with E-state index in [1.807, 2.05) is 24.3 Å². The van der Waals surface area contributed by atoms with Gasteiger partial charge in [-0.25, -0.2) is 0 Å². The summed E-state index contributed by atoms with van der Waals surface area (Å²) in [6.07, 6.45) is 2.44. The summed E-state index contributed by atoms with van der Waals surface area (Å²) in [5.41, 5.74) is 7.26. The van der Waals surface area contributed by atoms with Crippen LogP contribution in [0.2, 0.25) is 0 Å². The second-order valence-electron chi connectivity index (χ2n) is 3.96. The number of hydrogen-bond acceptors (Lipinski definition) is 3. The van der Waals surface area contributed by atoms with Gasteiger partial charge in [0, 0.05) is 13.1 Å². The van der Waals surface area contributed by atoms with Crippen molar-refractivity contribution in [2.24, 2.45) is 5.73 Å². The van der Waals surface area contributed by atoms with Gasteiger partial charge in [0.2, 0.25) is 5.91 Å². The van der Waals surface area contributed by atoms with Crippen LogP contribution in [0.1, 0.15) is 12.8 Å². The van der Waals surface area contributed by atoms with Crippen LogP contribution in [0.3, 0.4) is 0 Å².